The molecular formula is C18H26O2. The van der Waals surface area contributed by atoms with Crippen LogP contribution in [-0.2, 0) is 0 Å². The average molecular weight is 274 g/mol. The van der Waals surface area contributed by atoms with E-state index in [0.717, 1.165) is 24.3 Å². The van der Waals surface area contributed by atoms with Crippen LogP contribution < -0.4 is 9.47 Å². The fraction of sp³-hybridized carbons (Fsp3) is 0.444. The molecule has 0 spiro atoms. The summed E-state index contributed by atoms with van der Waals surface area (Å²) in [6, 6.07) is 7.82. The number of hydrogen-bond donors (Lipinski definition) is 0. The average Bonchev–Trinajstić information content (AvgIpc) is 2.44. The van der Waals surface area contributed by atoms with Crippen molar-refractivity contribution in [3.8, 4) is 11.5 Å². The van der Waals surface area contributed by atoms with Gasteiger partial charge in [-0.25, -0.2) is 0 Å². The van der Waals surface area contributed by atoms with E-state index in [2.05, 4.69) is 39.8 Å². The molecular weight excluding hydrogens is 248 g/mol. The van der Waals surface area contributed by atoms with Gasteiger partial charge in [0.15, 0.2) is 0 Å². The summed E-state index contributed by atoms with van der Waals surface area (Å²) < 4.78 is 11.5. The molecule has 1 aromatic carbocycles. The Balaban J connectivity index is 2.53. The lowest BCUT2D eigenvalue weighted by molar-refractivity contribution is 0.334. The van der Waals surface area contributed by atoms with Crippen molar-refractivity contribution in [2.45, 2.75) is 40.5 Å². The van der Waals surface area contributed by atoms with Crippen molar-refractivity contribution >= 4 is 0 Å². The normalized spacial score (nSPS) is 12.4. The summed E-state index contributed by atoms with van der Waals surface area (Å²) in [5, 5.41) is 0. The molecule has 0 heterocycles. The molecule has 0 aliphatic rings. The second-order valence-corrected chi connectivity index (χ2v) is 4.97. The van der Waals surface area contributed by atoms with Crippen molar-refractivity contribution in [1.29, 1.82) is 0 Å². The number of rotatable bonds is 8. The van der Waals surface area contributed by atoms with Crippen molar-refractivity contribution in [2.75, 3.05) is 13.2 Å². The largest absolute Gasteiger partial charge is 0.489 e. The molecule has 2 heteroatoms. The Morgan fingerprint density at radius 2 is 1.35 bits per heavy atom. The molecule has 0 aliphatic heterocycles. The fourth-order valence-electron chi connectivity index (χ4n) is 1.86. The molecule has 20 heavy (non-hydrogen) atoms. The predicted octanol–water partition coefficient (Wildman–Crippen LogP) is 5.16. The van der Waals surface area contributed by atoms with Gasteiger partial charge in [-0.2, -0.15) is 0 Å². The molecule has 0 aliphatic carbocycles. The van der Waals surface area contributed by atoms with Crippen LogP contribution in [0.1, 0.15) is 40.5 Å². The molecule has 0 radical (unpaired) electrons. The van der Waals surface area contributed by atoms with Gasteiger partial charge in [-0.3, -0.25) is 0 Å². The van der Waals surface area contributed by atoms with E-state index in [9.17, 15) is 0 Å². The summed E-state index contributed by atoms with van der Waals surface area (Å²) in [6.45, 7) is 9.69. The summed E-state index contributed by atoms with van der Waals surface area (Å²) in [5.74, 6) is 1.70. The van der Waals surface area contributed by atoms with E-state index < -0.39 is 0 Å². The van der Waals surface area contributed by atoms with E-state index in [-0.39, 0.29) is 0 Å². The maximum atomic E-state index is 5.75. The standard InChI is InChI=1S/C18H26O2/c1-5-8-15(3)13-19-17-10-7-11-18(12-17)20-14-16(4)9-6-2/h7-12H,5-6,13-14H2,1-4H3/b15-8+,16-9+. The summed E-state index contributed by atoms with van der Waals surface area (Å²) in [4.78, 5) is 0. The molecule has 0 aromatic heterocycles. The van der Waals surface area contributed by atoms with E-state index in [1.807, 2.05) is 24.3 Å². The summed E-state index contributed by atoms with van der Waals surface area (Å²) in [5.41, 5.74) is 2.50. The van der Waals surface area contributed by atoms with Crippen LogP contribution in [-0.4, -0.2) is 13.2 Å². The quantitative estimate of drug-likeness (QED) is 0.610. The second-order valence-electron chi connectivity index (χ2n) is 4.97. The van der Waals surface area contributed by atoms with E-state index in [1.54, 1.807) is 0 Å². The van der Waals surface area contributed by atoms with Gasteiger partial charge in [0.25, 0.3) is 0 Å². The molecule has 110 valence electrons. The molecule has 0 saturated carbocycles. The molecule has 0 unspecified atom stereocenters. The van der Waals surface area contributed by atoms with Crippen LogP contribution >= 0.6 is 0 Å². The van der Waals surface area contributed by atoms with Gasteiger partial charge in [-0.15, -0.1) is 0 Å². The molecule has 0 fully saturated rings. The van der Waals surface area contributed by atoms with Crippen LogP contribution in [0.25, 0.3) is 0 Å². The molecule has 2 nitrogen and oxygen atoms in total. The minimum absolute atomic E-state index is 0.631. The molecule has 1 rings (SSSR count). The maximum Gasteiger partial charge on any atom is 0.123 e. The number of benzene rings is 1. The Bertz CT molecular complexity index is 419. The van der Waals surface area contributed by atoms with Gasteiger partial charge in [0.05, 0.1) is 0 Å². The van der Waals surface area contributed by atoms with Gasteiger partial charge in [0, 0.05) is 6.07 Å². The zero-order valence-electron chi connectivity index (χ0n) is 13.1. The summed E-state index contributed by atoms with van der Waals surface area (Å²) >= 11 is 0. The molecule has 0 bridgehead atoms. The smallest absolute Gasteiger partial charge is 0.123 e. The van der Waals surface area contributed by atoms with E-state index in [4.69, 9.17) is 9.47 Å². The summed E-state index contributed by atoms with van der Waals surface area (Å²) in [6.07, 6.45) is 6.45. The maximum absolute atomic E-state index is 5.75. The lowest BCUT2D eigenvalue weighted by Crippen LogP contribution is -2.01. The van der Waals surface area contributed by atoms with Gasteiger partial charge < -0.3 is 9.47 Å². The Hall–Kier alpha value is -1.70. The van der Waals surface area contributed by atoms with Crippen LogP contribution in [0.3, 0.4) is 0 Å². The van der Waals surface area contributed by atoms with Crippen molar-refractivity contribution in [1.82, 2.24) is 0 Å². The zero-order valence-corrected chi connectivity index (χ0v) is 13.1. The third-order valence-electron chi connectivity index (χ3n) is 2.84. The Labute approximate surface area is 123 Å². The molecule has 1 aromatic rings. The first-order chi connectivity index (χ1) is 9.65. The van der Waals surface area contributed by atoms with Crippen molar-refractivity contribution in [2.24, 2.45) is 0 Å². The van der Waals surface area contributed by atoms with Crippen LogP contribution in [0.4, 0.5) is 0 Å². The molecule has 0 N–H and O–H groups in total. The third kappa shape index (κ3) is 6.46. The van der Waals surface area contributed by atoms with Gasteiger partial charge in [0.2, 0.25) is 0 Å². The minimum atomic E-state index is 0.631. The molecule has 0 atom stereocenters. The van der Waals surface area contributed by atoms with Crippen LogP contribution in [0.2, 0.25) is 0 Å². The SMILES string of the molecule is CC/C=C(\C)COc1cccc(OC/C(C)=C/CC)c1. The number of ether oxygens (including phenoxy) is 2. The topological polar surface area (TPSA) is 18.5 Å². The predicted molar refractivity (Wildman–Crippen MR) is 85.5 cm³/mol. The molecule has 0 saturated heterocycles. The minimum Gasteiger partial charge on any atom is -0.489 e. The Kier molecular flexibility index (Phi) is 7.56. The van der Waals surface area contributed by atoms with Gasteiger partial charge in [0.1, 0.15) is 24.7 Å². The van der Waals surface area contributed by atoms with Crippen molar-refractivity contribution in [3.63, 3.8) is 0 Å². The van der Waals surface area contributed by atoms with Crippen LogP contribution in [0.15, 0.2) is 47.6 Å². The highest BCUT2D eigenvalue weighted by molar-refractivity contribution is 5.33. The lowest BCUT2D eigenvalue weighted by Gasteiger charge is -2.10. The monoisotopic (exact) mass is 274 g/mol. The highest BCUT2D eigenvalue weighted by atomic mass is 16.5. The van der Waals surface area contributed by atoms with Gasteiger partial charge >= 0.3 is 0 Å². The van der Waals surface area contributed by atoms with Crippen molar-refractivity contribution < 1.29 is 9.47 Å². The Morgan fingerprint density at radius 1 is 0.900 bits per heavy atom. The van der Waals surface area contributed by atoms with E-state index in [0.29, 0.717) is 13.2 Å². The number of allylic oxidation sites excluding steroid dienone is 2. The zero-order chi connectivity index (χ0) is 14.8. The first-order valence-corrected chi connectivity index (χ1v) is 7.32. The van der Waals surface area contributed by atoms with Gasteiger partial charge in [-0.05, 0) is 50.0 Å². The fourth-order valence-corrected chi connectivity index (χ4v) is 1.86. The second kappa shape index (κ2) is 9.24. The van der Waals surface area contributed by atoms with Gasteiger partial charge in [-0.1, -0.05) is 32.1 Å². The first-order valence-electron chi connectivity index (χ1n) is 7.32. The summed E-state index contributed by atoms with van der Waals surface area (Å²) in [7, 11) is 0. The van der Waals surface area contributed by atoms with E-state index >= 15 is 0 Å². The van der Waals surface area contributed by atoms with E-state index in [1.165, 1.54) is 11.1 Å². The third-order valence-corrected chi connectivity index (χ3v) is 2.84. The van der Waals surface area contributed by atoms with Crippen LogP contribution in [0, 0.1) is 0 Å². The Morgan fingerprint density at radius 3 is 1.75 bits per heavy atom. The first kappa shape index (κ1) is 16.4. The number of hydrogen-bond acceptors (Lipinski definition) is 2. The van der Waals surface area contributed by atoms with Crippen LogP contribution in [0.5, 0.6) is 11.5 Å². The highest BCUT2D eigenvalue weighted by Gasteiger charge is 1.99. The molecule has 0 amide bonds. The highest BCUT2D eigenvalue weighted by Crippen LogP contribution is 2.20. The van der Waals surface area contributed by atoms with Crippen molar-refractivity contribution in [3.05, 3.63) is 47.6 Å². The lowest BCUT2D eigenvalue weighted by atomic mass is 10.2.